The predicted octanol–water partition coefficient (Wildman–Crippen LogP) is 2.71. The van der Waals surface area contributed by atoms with Crippen LogP contribution < -0.4 is 5.32 Å². The first-order chi connectivity index (χ1) is 12.8. The molecule has 1 atom stereocenters. The maximum Gasteiger partial charge on any atom is 0.341 e. The summed E-state index contributed by atoms with van der Waals surface area (Å²) < 4.78 is 49.4. The van der Waals surface area contributed by atoms with Gasteiger partial charge in [0, 0.05) is 0 Å². The molecule has 1 fully saturated rings. The summed E-state index contributed by atoms with van der Waals surface area (Å²) in [6.45, 7) is -0.149. The second-order valence-corrected chi connectivity index (χ2v) is 8.44. The molecule has 2 N–H and O–H groups in total. The van der Waals surface area contributed by atoms with Gasteiger partial charge in [-0.25, -0.2) is 8.42 Å². The van der Waals surface area contributed by atoms with E-state index in [1.54, 1.807) is 30.3 Å². The topological polar surface area (TPSA) is 83.5 Å². The molecule has 2 aromatic carbocycles. The minimum absolute atomic E-state index is 0.0276. The van der Waals surface area contributed by atoms with Crippen molar-refractivity contribution in [1.82, 2.24) is 5.32 Å². The van der Waals surface area contributed by atoms with Gasteiger partial charge in [-0.1, -0.05) is 42.5 Å². The lowest BCUT2D eigenvalue weighted by atomic mass is 9.88. The number of carbonyl (C=O) groups excluding carboxylic acids is 1. The van der Waals surface area contributed by atoms with Crippen molar-refractivity contribution in [2.24, 2.45) is 5.92 Å². The molecule has 27 heavy (non-hydrogen) atoms. The lowest BCUT2D eigenvalue weighted by Crippen LogP contribution is -2.42. The molecule has 0 aliphatic heterocycles. The van der Waals surface area contributed by atoms with Gasteiger partial charge >= 0.3 is 5.76 Å². The van der Waals surface area contributed by atoms with Gasteiger partial charge in [0.1, 0.15) is 5.60 Å². The minimum Gasteiger partial charge on any atom is -0.383 e. The Morgan fingerprint density at radius 3 is 2.30 bits per heavy atom. The van der Waals surface area contributed by atoms with Crippen LogP contribution in [0.4, 0.5) is 8.78 Å². The Kier molecular flexibility index (Phi) is 5.30. The molecule has 0 radical (unpaired) electrons. The van der Waals surface area contributed by atoms with Crippen LogP contribution in [0.15, 0.2) is 59.5 Å². The summed E-state index contributed by atoms with van der Waals surface area (Å²) >= 11 is 0. The predicted molar refractivity (Wildman–Crippen MR) is 95.0 cm³/mol. The summed E-state index contributed by atoms with van der Waals surface area (Å²) in [4.78, 5) is 11.8. The smallest absolute Gasteiger partial charge is 0.341 e. The van der Waals surface area contributed by atoms with Crippen molar-refractivity contribution in [1.29, 1.82) is 0 Å². The quantitative estimate of drug-likeness (QED) is 0.755. The molecular weight excluding hydrogens is 376 g/mol. The zero-order valence-electron chi connectivity index (χ0n) is 14.3. The number of amides is 1. The Labute approximate surface area is 155 Å². The van der Waals surface area contributed by atoms with Crippen molar-refractivity contribution in [3.63, 3.8) is 0 Å². The number of aliphatic hydroxyl groups is 1. The van der Waals surface area contributed by atoms with Crippen molar-refractivity contribution in [3.8, 4) is 0 Å². The maximum absolute atomic E-state index is 12.9. The fourth-order valence-corrected chi connectivity index (χ4v) is 4.01. The highest BCUT2D eigenvalue weighted by molar-refractivity contribution is 7.91. The largest absolute Gasteiger partial charge is 0.383 e. The van der Waals surface area contributed by atoms with Gasteiger partial charge in [0.2, 0.25) is 9.84 Å². The first kappa shape index (κ1) is 19.4. The molecule has 8 heteroatoms. The number of sulfone groups is 1. The average molecular weight is 395 g/mol. The number of hydrogen-bond donors (Lipinski definition) is 2. The molecule has 0 heterocycles. The van der Waals surface area contributed by atoms with Gasteiger partial charge in [-0.15, -0.1) is 0 Å². The van der Waals surface area contributed by atoms with Crippen LogP contribution in [-0.4, -0.2) is 31.7 Å². The highest BCUT2D eigenvalue weighted by Crippen LogP contribution is 2.45. The fraction of sp³-hybridized carbons (Fsp3) is 0.316. The van der Waals surface area contributed by atoms with Crippen LogP contribution in [0.2, 0.25) is 0 Å². The van der Waals surface area contributed by atoms with E-state index in [2.05, 4.69) is 5.32 Å². The Morgan fingerprint density at radius 1 is 1.11 bits per heavy atom. The second-order valence-electron chi connectivity index (χ2n) is 6.55. The van der Waals surface area contributed by atoms with Gasteiger partial charge in [0.05, 0.1) is 17.0 Å². The van der Waals surface area contributed by atoms with Crippen LogP contribution in [0.3, 0.4) is 0 Å². The molecule has 144 valence electrons. The second kappa shape index (κ2) is 7.36. The maximum atomic E-state index is 12.9. The average Bonchev–Trinajstić information content (AvgIpc) is 3.52. The molecule has 1 unspecified atom stereocenters. The van der Waals surface area contributed by atoms with Crippen LogP contribution >= 0.6 is 0 Å². The number of benzene rings is 2. The molecule has 1 amide bonds. The Hall–Kier alpha value is -2.32. The SMILES string of the molecule is O=C(NCC(O)(c1ccccc1)C1CC1)c1ccccc1S(=O)(=O)C(F)F. The van der Waals surface area contributed by atoms with Crippen LogP contribution in [-0.2, 0) is 15.4 Å². The summed E-state index contributed by atoms with van der Waals surface area (Å²) in [6, 6.07) is 13.7. The third-order valence-corrected chi connectivity index (χ3v) is 6.16. The lowest BCUT2D eigenvalue weighted by molar-refractivity contribution is 0.0134. The third kappa shape index (κ3) is 3.86. The molecule has 0 aromatic heterocycles. The number of hydrogen-bond acceptors (Lipinski definition) is 4. The van der Waals surface area contributed by atoms with Crippen LogP contribution in [0.5, 0.6) is 0 Å². The Bertz CT molecular complexity index is 930. The minimum atomic E-state index is -4.92. The highest BCUT2D eigenvalue weighted by Gasteiger charge is 2.45. The normalized spacial score (nSPS) is 16.7. The number of alkyl halides is 2. The summed E-state index contributed by atoms with van der Waals surface area (Å²) in [5.74, 6) is -4.48. The lowest BCUT2D eigenvalue weighted by Gasteiger charge is -2.29. The molecule has 3 rings (SSSR count). The number of carbonyl (C=O) groups is 1. The molecule has 0 spiro atoms. The van der Waals surface area contributed by atoms with Gasteiger partial charge in [-0.2, -0.15) is 8.78 Å². The van der Waals surface area contributed by atoms with Crippen molar-refractivity contribution in [2.45, 2.75) is 29.1 Å². The van der Waals surface area contributed by atoms with Crippen LogP contribution in [0, 0.1) is 5.92 Å². The van der Waals surface area contributed by atoms with Crippen molar-refractivity contribution >= 4 is 15.7 Å². The van der Waals surface area contributed by atoms with E-state index in [4.69, 9.17) is 0 Å². The first-order valence-corrected chi connectivity index (χ1v) is 9.98. The molecule has 0 saturated heterocycles. The summed E-state index contributed by atoms with van der Waals surface area (Å²) in [5.41, 5.74) is -1.03. The fourth-order valence-electron chi connectivity index (χ4n) is 3.08. The van der Waals surface area contributed by atoms with Crippen LogP contribution in [0.1, 0.15) is 28.8 Å². The van der Waals surface area contributed by atoms with Gasteiger partial charge in [-0.05, 0) is 36.5 Å². The molecule has 0 bridgehead atoms. The van der Waals surface area contributed by atoms with Gasteiger partial charge < -0.3 is 10.4 Å². The van der Waals surface area contributed by atoms with Crippen LogP contribution in [0.25, 0.3) is 0 Å². The molecule has 2 aromatic rings. The van der Waals surface area contributed by atoms with E-state index >= 15 is 0 Å². The molecule has 1 aliphatic rings. The van der Waals surface area contributed by atoms with E-state index in [1.165, 1.54) is 18.2 Å². The first-order valence-electron chi connectivity index (χ1n) is 8.44. The van der Waals surface area contributed by atoms with Crippen molar-refractivity contribution < 1.29 is 27.1 Å². The standard InChI is InChI=1S/C19H19F2NO4S/c20-18(21)27(25,26)16-9-5-4-8-15(16)17(23)22-12-19(24,14-10-11-14)13-6-2-1-3-7-13/h1-9,14,18,24H,10-12H2,(H,22,23). The molecule has 1 saturated carbocycles. The van der Waals surface area contributed by atoms with E-state index in [9.17, 15) is 27.1 Å². The summed E-state index contributed by atoms with van der Waals surface area (Å²) in [7, 11) is -4.92. The molecular formula is C19H19F2NO4S. The van der Waals surface area contributed by atoms with Gasteiger partial charge in [0.25, 0.3) is 5.91 Å². The molecule has 5 nitrogen and oxygen atoms in total. The number of rotatable bonds is 7. The zero-order valence-corrected chi connectivity index (χ0v) is 15.1. The van der Waals surface area contributed by atoms with Gasteiger partial charge in [0.15, 0.2) is 0 Å². The Morgan fingerprint density at radius 2 is 1.70 bits per heavy atom. The zero-order chi connectivity index (χ0) is 19.7. The number of nitrogens with one attached hydrogen (secondary N) is 1. The van der Waals surface area contributed by atoms with E-state index < -0.39 is 32.0 Å². The van der Waals surface area contributed by atoms with E-state index in [1.807, 2.05) is 0 Å². The highest BCUT2D eigenvalue weighted by atomic mass is 32.2. The molecule has 1 aliphatic carbocycles. The van der Waals surface area contributed by atoms with Crippen molar-refractivity contribution in [3.05, 3.63) is 65.7 Å². The monoisotopic (exact) mass is 395 g/mol. The van der Waals surface area contributed by atoms with E-state index in [-0.39, 0.29) is 18.0 Å². The summed E-state index contributed by atoms with van der Waals surface area (Å²) in [6.07, 6.45) is 1.61. The van der Waals surface area contributed by atoms with E-state index in [0.717, 1.165) is 18.9 Å². The third-order valence-electron chi connectivity index (χ3n) is 4.72. The summed E-state index contributed by atoms with van der Waals surface area (Å²) in [5, 5.41) is 13.6. The number of halogens is 2. The van der Waals surface area contributed by atoms with Gasteiger partial charge in [-0.3, -0.25) is 4.79 Å². The Balaban J connectivity index is 1.84. The van der Waals surface area contributed by atoms with Crippen molar-refractivity contribution in [2.75, 3.05) is 6.54 Å². The van der Waals surface area contributed by atoms with E-state index in [0.29, 0.717) is 5.56 Å².